The predicted octanol–water partition coefficient (Wildman–Crippen LogP) is 1.62. The third-order valence-electron chi connectivity index (χ3n) is 3.34. The Morgan fingerprint density at radius 1 is 1.43 bits per heavy atom. The Kier molecular flexibility index (Phi) is 5.64. The molecule has 1 fully saturated rings. The number of aliphatic carboxylic acids is 1. The SMILES string of the molecule is CC(SCc1ccccc1)C(=O)N1CCOC(C(=O)O)C1. The van der Waals surface area contributed by atoms with Gasteiger partial charge in [-0.15, -0.1) is 11.8 Å². The van der Waals surface area contributed by atoms with E-state index in [4.69, 9.17) is 9.84 Å². The number of carbonyl (C=O) groups excluding carboxylic acids is 1. The van der Waals surface area contributed by atoms with Gasteiger partial charge in [-0.05, 0) is 12.5 Å². The first-order valence-corrected chi connectivity index (χ1v) is 7.91. The van der Waals surface area contributed by atoms with Crippen LogP contribution in [0.5, 0.6) is 0 Å². The molecule has 5 nitrogen and oxygen atoms in total. The molecule has 1 aromatic carbocycles. The number of amides is 1. The second-order valence-electron chi connectivity index (χ2n) is 4.92. The van der Waals surface area contributed by atoms with Crippen molar-refractivity contribution in [1.82, 2.24) is 4.90 Å². The molecule has 0 saturated carbocycles. The van der Waals surface area contributed by atoms with Crippen LogP contribution in [0.4, 0.5) is 0 Å². The number of thioether (sulfide) groups is 1. The fraction of sp³-hybridized carbons (Fsp3) is 0.467. The van der Waals surface area contributed by atoms with E-state index in [0.29, 0.717) is 6.54 Å². The molecule has 2 rings (SSSR count). The Morgan fingerprint density at radius 3 is 2.81 bits per heavy atom. The summed E-state index contributed by atoms with van der Waals surface area (Å²) in [4.78, 5) is 24.9. The Balaban J connectivity index is 1.85. The highest BCUT2D eigenvalue weighted by Crippen LogP contribution is 2.20. The Bertz CT molecular complexity index is 494. The zero-order chi connectivity index (χ0) is 15.2. The van der Waals surface area contributed by atoms with Crippen molar-refractivity contribution in [2.75, 3.05) is 19.7 Å². The monoisotopic (exact) mass is 309 g/mol. The minimum absolute atomic E-state index is 0.0227. The maximum Gasteiger partial charge on any atom is 0.334 e. The zero-order valence-corrected chi connectivity index (χ0v) is 12.7. The molecule has 1 aliphatic rings. The molecule has 21 heavy (non-hydrogen) atoms. The number of carboxylic acids is 1. The summed E-state index contributed by atoms with van der Waals surface area (Å²) in [5.41, 5.74) is 1.17. The number of rotatable bonds is 5. The van der Waals surface area contributed by atoms with Crippen LogP contribution in [-0.4, -0.2) is 52.9 Å². The van der Waals surface area contributed by atoms with Gasteiger partial charge < -0.3 is 14.7 Å². The van der Waals surface area contributed by atoms with Gasteiger partial charge in [-0.25, -0.2) is 4.79 Å². The second kappa shape index (κ2) is 7.47. The number of benzene rings is 1. The first kappa shape index (κ1) is 15.9. The number of hydrogen-bond acceptors (Lipinski definition) is 4. The van der Waals surface area contributed by atoms with Crippen LogP contribution in [0.2, 0.25) is 0 Å². The maximum absolute atomic E-state index is 12.3. The molecule has 1 saturated heterocycles. The van der Waals surface area contributed by atoms with Crippen molar-refractivity contribution in [3.63, 3.8) is 0 Å². The van der Waals surface area contributed by atoms with Crippen molar-refractivity contribution in [3.05, 3.63) is 35.9 Å². The van der Waals surface area contributed by atoms with Crippen LogP contribution in [0.3, 0.4) is 0 Å². The summed E-state index contributed by atoms with van der Waals surface area (Å²) >= 11 is 1.56. The molecule has 1 aliphatic heterocycles. The summed E-state index contributed by atoms with van der Waals surface area (Å²) in [5.74, 6) is -0.275. The molecular formula is C15H19NO4S. The van der Waals surface area contributed by atoms with Gasteiger partial charge in [0.15, 0.2) is 6.10 Å². The number of ether oxygens (including phenoxy) is 1. The van der Waals surface area contributed by atoms with Crippen LogP contribution in [0.25, 0.3) is 0 Å². The van der Waals surface area contributed by atoms with E-state index >= 15 is 0 Å². The summed E-state index contributed by atoms with van der Waals surface area (Å²) in [7, 11) is 0. The number of nitrogens with zero attached hydrogens (tertiary/aromatic N) is 1. The number of carbonyl (C=O) groups is 2. The van der Waals surface area contributed by atoms with Gasteiger partial charge in [0.25, 0.3) is 0 Å². The topological polar surface area (TPSA) is 66.8 Å². The number of morpholine rings is 1. The van der Waals surface area contributed by atoms with Crippen LogP contribution >= 0.6 is 11.8 Å². The van der Waals surface area contributed by atoms with E-state index in [1.807, 2.05) is 37.3 Å². The van der Waals surface area contributed by atoms with Crippen molar-refractivity contribution >= 4 is 23.6 Å². The van der Waals surface area contributed by atoms with Crippen LogP contribution in [0.15, 0.2) is 30.3 Å². The van der Waals surface area contributed by atoms with Gasteiger partial charge >= 0.3 is 5.97 Å². The lowest BCUT2D eigenvalue weighted by molar-refractivity contribution is -0.159. The van der Waals surface area contributed by atoms with E-state index in [-0.39, 0.29) is 24.3 Å². The molecule has 1 N–H and O–H groups in total. The largest absolute Gasteiger partial charge is 0.479 e. The van der Waals surface area contributed by atoms with E-state index in [2.05, 4.69) is 0 Å². The zero-order valence-electron chi connectivity index (χ0n) is 11.9. The lowest BCUT2D eigenvalue weighted by Crippen LogP contribution is -2.50. The number of hydrogen-bond donors (Lipinski definition) is 1. The van der Waals surface area contributed by atoms with Crippen LogP contribution in [-0.2, 0) is 20.1 Å². The van der Waals surface area contributed by atoms with E-state index in [0.717, 1.165) is 5.75 Å². The fourth-order valence-electron chi connectivity index (χ4n) is 2.12. The van der Waals surface area contributed by atoms with E-state index in [1.54, 1.807) is 16.7 Å². The lowest BCUT2D eigenvalue weighted by atomic mass is 10.2. The van der Waals surface area contributed by atoms with Crippen molar-refractivity contribution in [2.24, 2.45) is 0 Å². The highest BCUT2D eigenvalue weighted by atomic mass is 32.2. The molecule has 2 atom stereocenters. The predicted molar refractivity (Wildman–Crippen MR) is 81.2 cm³/mol. The van der Waals surface area contributed by atoms with E-state index in [1.165, 1.54) is 5.56 Å². The second-order valence-corrected chi connectivity index (χ2v) is 6.25. The maximum atomic E-state index is 12.3. The van der Waals surface area contributed by atoms with Gasteiger partial charge in [-0.3, -0.25) is 4.79 Å². The molecular weight excluding hydrogens is 290 g/mol. The molecule has 6 heteroatoms. The van der Waals surface area contributed by atoms with Crippen LogP contribution in [0.1, 0.15) is 12.5 Å². The summed E-state index contributed by atoms with van der Waals surface area (Å²) in [6.45, 7) is 2.73. The van der Waals surface area contributed by atoms with Crippen molar-refractivity contribution in [3.8, 4) is 0 Å². The molecule has 0 radical (unpaired) electrons. The fourth-order valence-corrected chi connectivity index (χ4v) is 3.05. The van der Waals surface area contributed by atoms with Crippen molar-refractivity contribution in [1.29, 1.82) is 0 Å². The van der Waals surface area contributed by atoms with Gasteiger partial charge in [-0.1, -0.05) is 30.3 Å². The normalized spacial score (nSPS) is 20.0. The average molecular weight is 309 g/mol. The standard InChI is InChI=1S/C15H19NO4S/c1-11(21-10-12-5-3-2-4-6-12)14(17)16-7-8-20-13(9-16)15(18)19/h2-6,11,13H,7-10H2,1H3,(H,18,19). The third kappa shape index (κ3) is 4.47. The third-order valence-corrected chi connectivity index (χ3v) is 4.55. The van der Waals surface area contributed by atoms with E-state index in [9.17, 15) is 9.59 Å². The minimum Gasteiger partial charge on any atom is -0.479 e. The van der Waals surface area contributed by atoms with Crippen molar-refractivity contribution in [2.45, 2.75) is 24.0 Å². The molecule has 114 valence electrons. The molecule has 0 aliphatic carbocycles. The van der Waals surface area contributed by atoms with Gasteiger partial charge in [0, 0.05) is 12.3 Å². The summed E-state index contributed by atoms with van der Waals surface area (Å²) < 4.78 is 5.13. The van der Waals surface area contributed by atoms with Gasteiger partial charge in [-0.2, -0.15) is 0 Å². The van der Waals surface area contributed by atoms with Gasteiger partial charge in [0.05, 0.1) is 18.4 Å². The molecule has 1 aromatic rings. The van der Waals surface area contributed by atoms with Crippen molar-refractivity contribution < 1.29 is 19.4 Å². The molecule has 0 spiro atoms. The summed E-state index contributed by atoms with van der Waals surface area (Å²) in [6, 6.07) is 9.96. The molecule has 0 bridgehead atoms. The molecule has 1 amide bonds. The van der Waals surface area contributed by atoms with Gasteiger partial charge in [0.2, 0.25) is 5.91 Å². The Labute approximate surface area is 128 Å². The smallest absolute Gasteiger partial charge is 0.334 e. The lowest BCUT2D eigenvalue weighted by Gasteiger charge is -2.32. The number of carboxylic acid groups (broad SMARTS) is 1. The Morgan fingerprint density at radius 2 is 2.14 bits per heavy atom. The first-order valence-electron chi connectivity index (χ1n) is 6.86. The van der Waals surface area contributed by atoms with Crippen LogP contribution in [0, 0.1) is 0 Å². The molecule has 0 aromatic heterocycles. The first-order chi connectivity index (χ1) is 10.1. The minimum atomic E-state index is -1.02. The summed E-state index contributed by atoms with van der Waals surface area (Å²) in [6.07, 6.45) is -0.908. The quantitative estimate of drug-likeness (QED) is 0.895. The highest BCUT2D eigenvalue weighted by Gasteiger charge is 2.30. The molecule has 2 unspecified atom stereocenters. The average Bonchev–Trinajstić information content (AvgIpc) is 2.53. The van der Waals surface area contributed by atoms with Gasteiger partial charge in [0.1, 0.15) is 0 Å². The molecule has 1 heterocycles. The van der Waals surface area contributed by atoms with E-state index < -0.39 is 12.1 Å². The van der Waals surface area contributed by atoms with Crippen LogP contribution < -0.4 is 0 Å². The summed E-state index contributed by atoms with van der Waals surface area (Å²) in [5, 5.41) is 8.76. The highest BCUT2D eigenvalue weighted by molar-refractivity contribution is 7.99. The Hall–Kier alpha value is -1.53.